The Morgan fingerprint density at radius 2 is 1.82 bits per heavy atom. The van der Waals surface area contributed by atoms with Crippen molar-refractivity contribution in [1.29, 1.82) is 0 Å². The van der Waals surface area contributed by atoms with Gasteiger partial charge in [0.15, 0.2) is 6.49 Å². The average molecular weight is 198 g/mol. The van der Waals surface area contributed by atoms with Crippen LogP contribution >= 0.6 is 6.49 Å². The van der Waals surface area contributed by atoms with Crippen LogP contribution in [0.2, 0.25) is 0 Å². The normalized spacial score (nSPS) is 11.9. The van der Waals surface area contributed by atoms with Crippen LogP contribution in [-0.2, 0) is 25.6 Å². The van der Waals surface area contributed by atoms with Gasteiger partial charge in [0.2, 0.25) is 0 Å². The van der Waals surface area contributed by atoms with Gasteiger partial charge in [0.05, 0.1) is 6.61 Å². The lowest BCUT2D eigenvalue weighted by Crippen LogP contribution is -2.02. The predicted octanol–water partition coefficient (Wildman–Crippen LogP) is 1.63. The molecule has 0 aromatic rings. The molecule has 0 heterocycles. The molecule has 0 saturated carbocycles. The molecule has 0 aromatic carbocycles. The average Bonchev–Trinajstić information content (AvgIpc) is 2.05. The van der Waals surface area contributed by atoms with Crippen molar-refractivity contribution < 1.29 is 13.8 Å². The van der Waals surface area contributed by atoms with E-state index in [9.17, 15) is 0 Å². The summed E-state index contributed by atoms with van der Waals surface area (Å²) >= 11 is 5.10. The van der Waals surface area contributed by atoms with E-state index in [2.05, 4.69) is 0 Å². The SMILES string of the molecule is CCOCCP(=S)(OC)OC. The highest BCUT2D eigenvalue weighted by molar-refractivity contribution is 8.09. The fourth-order valence-electron chi connectivity index (χ4n) is 0.578. The second-order valence-corrected chi connectivity index (χ2v) is 5.96. The Hall–Kier alpha value is 0.530. The zero-order valence-corrected chi connectivity index (χ0v) is 8.91. The van der Waals surface area contributed by atoms with E-state index in [1.807, 2.05) is 6.92 Å². The van der Waals surface area contributed by atoms with Gasteiger partial charge in [0.1, 0.15) is 0 Å². The maximum absolute atomic E-state index is 5.13. The third-order valence-electron chi connectivity index (χ3n) is 1.27. The van der Waals surface area contributed by atoms with E-state index >= 15 is 0 Å². The van der Waals surface area contributed by atoms with Crippen LogP contribution in [0.1, 0.15) is 6.92 Å². The fraction of sp³-hybridized carbons (Fsp3) is 1.00. The maximum atomic E-state index is 5.13. The van der Waals surface area contributed by atoms with E-state index in [1.54, 1.807) is 14.2 Å². The van der Waals surface area contributed by atoms with Gasteiger partial charge in [-0.25, -0.2) is 0 Å². The van der Waals surface area contributed by atoms with E-state index in [4.69, 9.17) is 25.6 Å². The summed E-state index contributed by atoms with van der Waals surface area (Å²) < 4.78 is 15.2. The van der Waals surface area contributed by atoms with Crippen LogP contribution in [0, 0.1) is 0 Å². The Bertz CT molecular complexity index is 132. The van der Waals surface area contributed by atoms with Crippen molar-refractivity contribution in [3.63, 3.8) is 0 Å². The van der Waals surface area contributed by atoms with Crippen LogP contribution in [0.5, 0.6) is 0 Å². The Kier molecular flexibility index (Phi) is 6.38. The summed E-state index contributed by atoms with van der Waals surface area (Å²) in [4.78, 5) is 0. The molecule has 0 unspecified atom stereocenters. The maximum Gasteiger partial charge on any atom is 0.190 e. The molecular formula is C6H15O3PS. The summed E-state index contributed by atoms with van der Waals surface area (Å²) in [7, 11) is 3.16. The first-order chi connectivity index (χ1) is 5.18. The molecule has 3 nitrogen and oxygen atoms in total. The van der Waals surface area contributed by atoms with Gasteiger partial charge in [-0.05, 0) is 18.7 Å². The minimum Gasteiger partial charge on any atom is -0.381 e. The summed E-state index contributed by atoms with van der Waals surface area (Å²) in [5.41, 5.74) is 0. The zero-order valence-electron chi connectivity index (χ0n) is 7.20. The molecule has 11 heavy (non-hydrogen) atoms. The first-order valence-corrected chi connectivity index (χ1v) is 6.29. The molecule has 0 saturated heterocycles. The molecule has 5 heteroatoms. The lowest BCUT2D eigenvalue weighted by Gasteiger charge is -2.16. The lowest BCUT2D eigenvalue weighted by molar-refractivity contribution is 0.160. The van der Waals surface area contributed by atoms with Crippen LogP contribution in [0.25, 0.3) is 0 Å². The minimum absolute atomic E-state index is 0.620. The van der Waals surface area contributed by atoms with Gasteiger partial charge in [-0.15, -0.1) is 0 Å². The van der Waals surface area contributed by atoms with Crippen molar-refractivity contribution in [2.24, 2.45) is 0 Å². The van der Waals surface area contributed by atoms with E-state index in [-0.39, 0.29) is 0 Å². The number of hydrogen-bond acceptors (Lipinski definition) is 4. The molecule has 0 bridgehead atoms. The Morgan fingerprint density at radius 3 is 2.18 bits per heavy atom. The van der Waals surface area contributed by atoms with Gasteiger partial charge in [-0.2, -0.15) is 0 Å². The molecule has 0 atom stereocenters. The van der Waals surface area contributed by atoms with Crippen molar-refractivity contribution >= 4 is 18.3 Å². The Morgan fingerprint density at radius 1 is 1.27 bits per heavy atom. The predicted molar refractivity (Wildman–Crippen MR) is 49.7 cm³/mol. The molecule has 0 amide bonds. The minimum atomic E-state index is -2.00. The third kappa shape index (κ3) is 4.88. The highest BCUT2D eigenvalue weighted by Crippen LogP contribution is 2.46. The standard InChI is InChI=1S/C6H15O3PS/c1-4-9-5-6-10(11,7-2)8-3/h4-6H2,1-3H3. The highest BCUT2D eigenvalue weighted by atomic mass is 32.5. The smallest absolute Gasteiger partial charge is 0.190 e. The molecule has 0 radical (unpaired) electrons. The third-order valence-corrected chi connectivity index (χ3v) is 4.56. The van der Waals surface area contributed by atoms with Crippen molar-refractivity contribution in [2.75, 3.05) is 33.6 Å². The van der Waals surface area contributed by atoms with E-state index in [0.717, 1.165) is 0 Å². The summed E-state index contributed by atoms with van der Waals surface area (Å²) in [6.45, 7) is 1.28. The number of rotatable bonds is 6. The zero-order chi connectivity index (χ0) is 8.74. The molecular weight excluding hydrogens is 183 g/mol. The monoisotopic (exact) mass is 198 g/mol. The van der Waals surface area contributed by atoms with Crippen molar-refractivity contribution in [2.45, 2.75) is 6.92 Å². The van der Waals surface area contributed by atoms with Crippen LogP contribution in [-0.4, -0.2) is 33.6 Å². The van der Waals surface area contributed by atoms with Crippen LogP contribution in [0.15, 0.2) is 0 Å². The van der Waals surface area contributed by atoms with Gasteiger partial charge in [-0.1, -0.05) is 0 Å². The summed E-state index contributed by atoms with van der Waals surface area (Å²) in [6.07, 6.45) is 0.684. The molecule has 0 aliphatic rings. The van der Waals surface area contributed by atoms with Crippen molar-refractivity contribution in [1.82, 2.24) is 0 Å². The van der Waals surface area contributed by atoms with Crippen LogP contribution < -0.4 is 0 Å². The number of ether oxygens (including phenoxy) is 1. The van der Waals surface area contributed by atoms with E-state index in [1.165, 1.54) is 0 Å². The van der Waals surface area contributed by atoms with Gasteiger partial charge >= 0.3 is 0 Å². The molecule has 0 aliphatic heterocycles. The largest absolute Gasteiger partial charge is 0.381 e. The molecule has 0 aromatic heterocycles. The summed E-state index contributed by atoms with van der Waals surface area (Å²) in [6, 6.07) is 0. The second kappa shape index (κ2) is 6.09. The molecule has 0 spiro atoms. The topological polar surface area (TPSA) is 27.7 Å². The highest BCUT2D eigenvalue weighted by Gasteiger charge is 2.13. The Balaban J connectivity index is 3.61. The van der Waals surface area contributed by atoms with Gasteiger partial charge in [0, 0.05) is 27.0 Å². The van der Waals surface area contributed by atoms with Crippen molar-refractivity contribution in [3.8, 4) is 0 Å². The summed E-state index contributed by atoms with van der Waals surface area (Å²) in [5.74, 6) is 0. The molecule has 0 rings (SSSR count). The van der Waals surface area contributed by atoms with Crippen molar-refractivity contribution in [3.05, 3.63) is 0 Å². The first kappa shape index (κ1) is 11.5. The Labute approximate surface area is 73.2 Å². The van der Waals surface area contributed by atoms with Gasteiger partial charge < -0.3 is 13.8 Å². The van der Waals surface area contributed by atoms with Crippen LogP contribution in [0.4, 0.5) is 0 Å². The quantitative estimate of drug-likeness (QED) is 0.479. The molecule has 0 fully saturated rings. The number of hydrogen-bond donors (Lipinski definition) is 0. The van der Waals surface area contributed by atoms with E-state index in [0.29, 0.717) is 19.4 Å². The van der Waals surface area contributed by atoms with Crippen LogP contribution in [0.3, 0.4) is 0 Å². The molecule has 68 valence electrons. The van der Waals surface area contributed by atoms with Gasteiger partial charge in [-0.3, -0.25) is 0 Å². The fourth-order valence-corrected chi connectivity index (χ4v) is 1.67. The summed E-state index contributed by atoms with van der Waals surface area (Å²) in [5, 5.41) is 0. The van der Waals surface area contributed by atoms with Gasteiger partial charge in [0.25, 0.3) is 0 Å². The van der Waals surface area contributed by atoms with E-state index < -0.39 is 6.49 Å². The molecule has 0 N–H and O–H groups in total. The second-order valence-electron chi connectivity index (χ2n) is 1.90. The first-order valence-electron chi connectivity index (χ1n) is 3.46. The molecule has 0 aliphatic carbocycles. The lowest BCUT2D eigenvalue weighted by atomic mass is 10.8.